The van der Waals surface area contributed by atoms with Crippen LogP contribution in [0.25, 0.3) is 0 Å². The monoisotopic (exact) mass is 441 g/mol. The first-order chi connectivity index (χ1) is 15.0. The van der Waals surface area contributed by atoms with E-state index in [0.717, 1.165) is 41.4 Å². The van der Waals surface area contributed by atoms with Crippen molar-refractivity contribution in [3.63, 3.8) is 0 Å². The number of amides is 1. The van der Waals surface area contributed by atoms with Crippen molar-refractivity contribution in [3.8, 4) is 0 Å². The molecule has 3 aliphatic rings. The minimum absolute atomic E-state index is 0.0713. The Morgan fingerprint density at radius 2 is 2.13 bits per heavy atom. The van der Waals surface area contributed by atoms with E-state index in [9.17, 15) is 9.59 Å². The molecule has 2 atom stereocenters. The third-order valence-corrected chi connectivity index (χ3v) is 6.67. The van der Waals surface area contributed by atoms with Crippen LogP contribution in [0.1, 0.15) is 43.4 Å². The van der Waals surface area contributed by atoms with Crippen molar-refractivity contribution in [1.82, 2.24) is 10.2 Å². The van der Waals surface area contributed by atoms with Crippen molar-refractivity contribution < 1.29 is 19.1 Å². The van der Waals surface area contributed by atoms with Gasteiger partial charge in [-0.15, -0.1) is 0 Å². The van der Waals surface area contributed by atoms with Crippen LogP contribution in [0.5, 0.6) is 0 Å². The van der Waals surface area contributed by atoms with Crippen LogP contribution in [0.4, 0.5) is 0 Å². The van der Waals surface area contributed by atoms with Crippen molar-refractivity contribution in [3.05, 3.63) is 57.8 Å². The van der Waals surface area contributed by atoms with Crippen molar-refractivity contribution in [2.75, 3.05) is 20.3 Å². The van der Waals surface area contributed by atoms with E-state index < -0.39 is 12.0 Å². The van der Waals surface area contributed by atoms with Gasteiger partial charge in [0, 0.05) is 18.8 Å². The van der Waals surface area contributed by atoms with E-state index in [1.165, 1.54) is 18.9 Å². The molecule has 1 fully saturated rings. The minimum Gasteiger partial charge on any atom is -0.466 e. The van der Waals surface area contributed by atoms with E-state index >= 15 is 0 Å². The number of thioether (sulfide) groups is 1. The van der Waals surface area contributed by atoms with Gasteiger partial charge in [0.15, 0.2) is 5.17 Å². The molecule has 31 heavy (non-hydrogen) atoms. The van der Waals surface area contributed by atoms with Gasteiger partial charge in [-0.2, -0.15) is 0 Å². The number of nitrogens with zero attached hydrogens (tertiary/aromatic N) is 2. The van der Waals surface area contributed by atoms with E-state index in [4.69, 9.17) is 9.47 Å². The molecule has 0 aliphatic carbocycles. The lowest BCUT2D eigenvalue weighted by Crippen LogP contribution is -2.39. The zero-order valence-corrected chi connectivity index (χ0v) is 18.8. The van der Waals surface area contributed by atoms with E-state index in [1.807, 2.05) is 48.4 Å². The Morgan fingerprint density at radius 3 is 2.84 bits per heavy atom. The third-order valence-electron chi connectivity index (χ3n) is 5.78. The zero-order chi connectivity index (χ0) is 22.0. The molecule has 4 rings (SSSR count). The second-order valence-corrected chi connectivity index (χ2v) is 8.69. The lowest BCUT2D eigenvalue weighted by atomic mass is 9.91. The van der Waals surface area contributed by atoms with Crippen molar-refractivity contribution in [2.45, 2.75) is 45.3 Å². The molecule has 0 bridgehead atoms. The number of aryl methyl sites for hydroxylation is 1. The van der Waals surface area contributed by atoms with Crippen LogP contribution < -0.4 is 5.32 Å². The Bertz CT molecular complexity index is 979. The van der Waals surface area contributed by atoms with Gasteiger partial charge in [0.1, 0.15) is 0 Å². The summed E-state index contributed by atoms with van der Waals surface area (Å²) in [5.41, 5.74) is 3.99. The first-order valence-corrected chi connectivity index (χ1v) is 11.3. The number of hydrogen-bond donors (Lipinski definition) is 1. The summed E-state index contributed by atoms with van der Waals surface area (Å²) in [7, 11) is 1.38. The molecule has 0 radical (unpaired) electrons. The molecule has 0 saturated carbocycles. The number of allylic oxidation sites excluding steroid dienone is 1. The predicted molar refractivity (Wildman–Crippen MR) is 120 cm³/mol. The number of carbonyl (C=O) groups is 2. The molecule has 8 heteroatoms. The number of ether oxygens (including phenoxy) is 2. The molecule has 3 heterocycles. The Balaban J connectivity index is 1.61. The number of nitrogens with one attached hydrogen (secondary N) is 1. The highest BCUT2D eigenvalue weighted by molar-refractivity contribution is 8.16. The zero-order valence-electron chi connectivity index (χ0n) is 18.0. The Labute approximate surface area is 186 Å². The molecule has 1 saturated heterocycles. The van der Waals surface area contributed by atoms with Gasteiger partial charge in [-0.05, 0) is 43.2 Å². The lowest BCUT2D eigenvalue weighted by molar-refractivity contribution is -0.136. The smallest absolute Gasteiger partial charge is 0.338 e. The summed E-state index contributed by atoms with van der Waals surface area (Å²) >= 11 is 1.47. The lowest BCUT2D eigenvalue weighted by Gasteiger charge is -2.36. The summed E-state index contributed by atoms with van der Waals surface area (Å²) in [6.07, 6.45) is 2.31. The van der Waals surface area contributed by atoms with Crippen LogP contribution in [0.3, 0.4) is 0 Å². The highest BCUT2D eigenvalue weighted by atomic mass is 32.2. The number of methoxy groups -OCH3 is 1. The number of esters is 1. The maximum atomic E-state index is 12.7. The Morgan fingerprint density at radius 1 is 1.32 bits per heavy atom. The minimum atomic E-state index is -0.410. The molecule has 164 valence electrons. The van der Waals surface area contributed by atoms with Gasteiger partial charge in [-0.3, -0.25) is 4.79 Å². The Hall–Kier alpha value is -2.58. The molecular weight excluding hydrogens is 414 g/mol. The van der Waals surface area contributed by atoms with Crippen LogP contribution in [-0.4, -0.2) is 48.3 Å². The molecule has 1 aromatic rings. The van der Waals surface area contributed by atoms with E-state index in [0.29, 0.717) is 17.8 Å². The quantitative estimate of drug-likeness (QED) is 0.682. The van der Waals surface area contributed by atoms with Gasteiger partial charge in [0.05, 0.1) is 36.9 Å². The van der Waals surface area contributed by atoms with E-state index in [2.05, 4.69) is 10.3 Å². The highest BCUT2D eigenvalue weighted by Crippen LogP contribution is 2.45. The maximum absolute atomic E-state index is 12.7. The van der Waals surface area contributed by atoms with Gasteiger partial charge >= 0.3 is 5.97 Å². The average molecular weight is 442 g/mol. The fourth-order valence-electron chi connectivity index (χ4n) is 4.19. The second-order valence-electron chi connectivity index (χ2n) is 7.86. The predicted octanol–water partition coefficient (Wildman–Crippen LogP) is 3.43. The van der Waals surface area contributed by atoms with Crippen LogP contribution >= 0.6 is 11.8 Å². The first-order valence-electron chi connectivity index (χ1n) is 10.5. The van der Waals surface area contributed by atoms with Crippen LogP contribution in [-0.2, 0) is 19.1 Å². The molecular formula is C23H27N3O4S. The molecule has 1 aromatic carbocycles. The summed E-state index contributed by atoms with van der Waals surface area (Å²) in [6, 6.07) is 7.56. The second kappa shape index (κ2) is 9.28. The molecule has 7 nitrogen and oxygen atoms in total. The largest absolute Gasteiger partial charge is 0.466 e. The summed E-state index contributed by atoms with van der Waals surface area (Å²) < 4.78 is 10.7. The molecule has 3 aliphatic heterocycles. The summed E-state index contributed by atoms with van der Waals surface area (Å²) in [5, 5.41) is 5.69. The van der Waals surface area contributed by atoms with Gasteiger partial charge in [0.2, 0.25) is 5.91 Å². The molecule has 0 unspecified atom stereocenters. The topological polar surface area (TPSA) is 80.2 Å². The number of rotatable bonds is 6. The fourth-order valence-corrected chi connectivity index (χ4v) is 5.15. The third kappa shape index (κ3) is 4.41. The SMILES string of the molecule is COC(=O)C1=C(C)N=C2SC=C(CC(=O)NC[C@@H]3CCCO3)N2[C@H]1c1ccccc1C. The molecule has 0 spiro atoms. The Kier molecular flexibility index (Phi) is 6.48. The summed E-state index contributed by atoms with van der Waals surface area (Å²) in [5.74, 6) is -0.481. The normalized spacial score (nSPS) is 22.7. The molecule has 1 N–H and O–H groups in total. The number of amidine groups is 1. The summed E-state index contributed by atoms with van der Waals surface area (Å²) in [4.78, 5) is 32.1. The van der Waals surface area contributed by atoms with Crippen molar-refractivity contribution in [2.24, 2.45) is 4.99 Å². The van der Waals surface area contributed by atoms with Crippen molar-refractivity contribution in [1.29, 1.82) is 0 Å². The number of carbonyl (C=O) groups excluding carboxylic acids is 2. The number of benzene rings is 1. The van der Waals surface area contributed by atoms with Gasteiger partial charge < -0.3 is 19.7 Å². The average Bonchev–Trinajstić information content (AvgIpc) is 3.41. The number of aliphatic imine (C=N–C) groups is 1. The number of hydrogen-bond acceptors (Lipinski definition) is 7. The van der Waals surface area contributed by atoms with E-state index in [-0.39, 0.29) is 18.4 Å². The molecule has 1 amide bonds. The van der Waals surface area contributed by atoms with Crippen LogP contribution in [0.15, 0.2) is 51.6 Å². The van der Waals surface area contributed by atoms with Gasteiger partial charge in [-0.25, -0.2) is 9.79 Å². The van der Waals surface area contributed by atoms with Gasteiger partial charge in [-0.1, -0.05) is 36.0 Å². The fraction of sp³-hybridized carbons (Fsp3) is 0.435. The van der Waals surface area contributed by atoms with Crippen molar-refractivity contribution >= 4 is 28.8 Å². The van der Waals surface area contributed by atoms with Crippen LogP contribution in [0, 0.1) is 6.92 Å². The number of fused-ring (bicyclic) bond motifs is 1. The van der Waals surface area contributed by atoms with Gasteiger partial charge in [0.25, 0.3) is 0 Å². The molecule has 0 aromatic heterocycles. The maximum Gasteiger partial charge on any atom is 0.338 e. The van der Waals surface area contributed by atoms with E-state index in [1.54, 1.807) is 0 Å². The van der Waals surface area contributed by atoms with Crippen LogP contribution in [0.2, 0.25) is 0 Å². The summed E-state index contributed by atoms with van der Waals surface area (Å²) in [6.45, 7) is 5.13. The highest BCUT2D eigenvalue weighted by Gasteiger charge is 2.41. The standard InChI is InChI=1S/C23H27N3O4S/c1-14-7-4-5-9-18(14)21-20(22(28)29-3)15(2)25-23-26(21)16(13-31-23)11-19(27)24-12-17-8-6-10-30-17/h4-5,7,9,13,17,21H,6,8,10-12H2,1-3H3,(H,24,27)/t17-,21-/m0/s1. The first kappa shape index (κ1) is 21.6.